The Bertz CT molecular complexity index is 292. The maximum Gasteiger partial charge on any atom is 0.237 e. The summed E-state index contributed by atoms with van der Waals surface area (Å²) in [7, 11) is 1.73. The minimum atomic E-state index is 0.0539. The van der Waals surface area contributed by atoms with E-state index in [4.69, 9.17) is 4.74 Å². The molecule has 19 heavy (non-hydrogen) atoms. The Morgan fingerprint density at radius 1 is 1.53 bits per heavy atom. The highest BCUT2D eigenvalue weighted by molar-refractivity contribution is 5.81. The number of hydrogen-bond donors (Lipinski definition) is 2. The van der Waals surface area contributed by atoms with Crippen molar-refractivity contribution in [2.75, 3.05) is 33.4 Å². The lowest BCUT2D eigenvalue weighted by Crippen LogP contribution is -2.54. The van der Waals surface area contributed by atoms with Gasteiger partial charge in [-0.1, -0.05) is 6.42 Å². The van der Waals surface area contributed by atoms with Gasteiger partial charge in [0.2, 0.25) is 5.91 Å². The molecule has 0 saturated carbocycles. The normalized spacial score (nSPS) is 30.8. The van der Waals surface area contributed by atoms with E-state index in [1.54, 1.807) is 7.05 Å². The fourth-order valence-electron chi connectivity index (χ4n) is 3.25. The number of nitrogens with one attached hydrogen (secondary N) is 2. The molecule has 0 aromatic carbocycles. The predicted octanol–water partition coefficient (Wildman–Crippen LogP) is 0.354. The molecular formula is C14H27N3O2. The van der Waals surface area contributed by atoms with E-state index in [0.29, 0.717) is 12.1 Å². The Morgan fingerprint density at radius 2 is 2.37 bits per heavy atom. The predicted molar refractivity (Wildman–Crippen MR) is 75.1 cm³/mol. The van der Waals surface area contributed by atoms with E-state index >= 15 is 0 Å². The summed E-state index contributed by atoms with van der Waals surface area (Å²) in [6, 6.07) is 0.899. The molecule has 2 heterocycles. The highest BCUT2D eigenvalue weighted by Crippen LogP contribution is 2.22. The summed E-state index contributed by atoms with van der Waals surface area (Å²) < 4.78 is 5.51. The van der Waals surface area contributed by atoms with Crippen LogP contribution in [0.15, 0.2) is 0 Å². The molecule has 5 nitrogen and oxygen atoms in total. The summed E-state index contributed by atoms with van der Waals surface area (Å²) >= 11 is 0. The van der Waals surface area contributed by atoms with Crippen LogP contribution >= 0.6 is 0 Å². The van der Waals surface area contributed by atoms with Gasteiger partial charge in [-0.3, -0.25) is 9.69 Å². The van der Waals surface area contributed by atoms with Crippen molar-refractivity contribution in [2.45, 2.75) is 50.7 Å². The number of likely N-dealkylation sites (tertiary alicyclic amines) is 1. The highest BCUT2D eigenvalue weighted by Gasteiger charge is 2.32. The van der Waals surface area contributed by atoms with Crippen molar-refractivity contribution in [1.82, 2.24) is 15.5 Å². The smallest absolute Gasteiger partial charge is 0.237 e. The van der Waals surface area contributed by atoms with Crippen LogP contribution in [-0.2, 0) is 9.53 Å². The molecule has 2 aliphatic rings. The number of carbonyl (C=O) groups is 1. The van der Waals surface area contributed by atoms with Crippen molar-refractivity contribution in [3.8, 4) is 0 Å². The van der Waals surface area contributed by atoms with Crippen LogP contribution in [-0.4, -0.2) is 62.3 Å². The van der Waals surface area contributed by atoms with Crippen molar-refractivity contribution in [1.29, 1.82) is 0 Å². The second-order valence-corrected chi connectivity index (χ2v) is 5.67. The van der Waals surface area contributed by atoms with E-state index in [0.717, 1.165) is 45.6 Å². The molecule has 2 N–H and O–H groups in total. The summed E-state index contributed by atoms with van der Waals surface area (Å²) in [5.41, 5.74) is 0. The van der Waals surface area contributed by atoms with Gasteiger partial charge < -0.3 is 15.4 Å². The van der Waals surface area contributed by atoms with Crippen LogP contribution in [0.4, 0.5) is 0 Å². The number of morpholine rings is 1. The summed E-state index contributed by atoms with van der Waals surface area (Å²) in [4.78, 5) is 14.4. The number of likely N-dealkylation sites (N-methyl/N-ethyl adjacent to an activating group) is 1. The second kappa shape index (κ2) is 7.22. The maximum absolute atomic E-state index is 12.0. The molecule has 2 saturated heterocycles. The van der Waals surface area contributed by atoms with Crippen LogP contribution < -0.4 is 10.6 Å². The molecule has 0 spiro atoms. The first-order valence-corrected chi connectivity index (χ1v) is 7.51. The van der Waals surface area contributed by atoms with Gasteiger partial charge in [0.1, 0.15) is 0 Å². The van der Waals surface area contributed by atoms with Crippen LogP contribution in [0.2, 0.25) is 0 Å². The van der Waals surface area contributed by atoms with Gasteiger partial charge in [-0.2, -0.15) is 0 Å². The summed E-state index contributed by atoms with van der Waals surface area (Å²) in [6.45, 7) is 5.82. The van der Waals surface area contributed by atoms with Gasteiger partial charge in [0, 0.05) is 25.7 Å². The number of amides is 1. The number of ether oxygens (including phenoxy) is 1. The third-order valence-corrected chi connectivity index (χ3v) is 4.28. The van der Waals surface area contributed by atoms with Gasteiger partial charge in [0.05, 0.1) is 19.3 Å². The molecule has 0 radical (unpaired) electrons. The minimum Gasteiger partial charge on any atom is -0.379 e. The minimum absolute atomic E-state index is 0.0539. The molecular weight excluding hydrogens is 242 g/mol. The van der Waals surface area contributed by atoms with Crippen LogP contribution in [0.1, 0.15) is 32.6 Å². The van der Waals surface area contributed by atoms with E-state index in [-0.39, 0.29) is 11.9 Å². The Kier molecular flexibility index (Phi) is 5.60. The monoisotopic (exact) mass is 269 g/mol. The fraction of sp³-hybridized carbons (Fsp3) is 0.929. The van der Waals surface area contributed by atoms with Gasteiger partial charge in [0.25, 0.3) is 0 Å². The second-order valence-electron chi connectivity index (χ2n) is 5.67. The zero-order valence-electron chi connectivity index (χ0n) is 12.2. The summed E-state index contributed by atoms with van der Waals surface area (Å²) in [5.74, 6) is 0.166. The first-order valence-electron chi connectivity index (χ1n) is 7.51. The molecule has 0 aromatic heterocycles. The highest BCUT2D eigenvalue weighted by atomic mass is 16.5. The number of hydrogen-bond acceptors (Lipinski definition) is 4. The molecule has 3 atom stereocenters. The van der Waals surface area contributed by atoms with Gasteiger partial charge >= 0.3 is 0 Å². The average Bonchev–Trinajstić information content (AvgIpc) is 2.47. The third-order valence-electron chi connectivity index (χ3n) is 4.28. The molecule has 110 valence electrons. The standard InChI is InChI=1S/C14H27N3O2/c1-11(9-12-10-19-8-6-16-12)17-7-4-3-5-13(17)14(18)15-2/h11-13,16H,3-10H2,1-2H3,(H,15,18). The Morgan fingerprint density at radius 3 is 3.05 bits per heavy atom. The van der Waals surface area contributed by atoms with E-state index in [2.05, 4.69) is 22.5 Å². The van der Waals surface area contributed by atoms with Crippen molar-refractivity contribution < 1.29 is 9.53 Å². The number of carbonyl (C=O) groups excluding carboxylic acids is 1. The van der Waals surface area contributed by atoms with Crippen molar-refractivity contribution in [3.63, 3.8) is 0 Å². The van der Waals surface area contributed by atoms with Gasteiger partial charge in [0.15, 0.2) is 0 Å². The molecule has 2 rings (SSSR count). The van der Waals surface area contributed by atoms with E-state index in [9.17, 15) is 4.79 Å². The van der Waals surface area contributed by atoms with Crippen LogP contribution in [0.5, 0.6) is 0 Å². The summed E-state index contributed by atoms with van der Waals surface area (Å²) in [6.07, 6.45) is 4.39. The summed E-state index contributed by atoms with van der Waals surface area (Å²) in [5, 5.41) is 6.30. The number of rotatable bonds is 4. The first-order chi connectivity index (χ1) is 9.22. The Balaban J connectivity index is 1.90. The lowest BCUT2D eigenvalue weighted by Gasteiger charge is -2.40. The van der Waals surface area contributed by atoms with E-state index in [1.165, 1.54) is 6.42 Å². The topological polar surface area (TPSA) is 53.6 Å². The zero-order valence-corrected chi connectivity index (χ0v) is 12.2. The van der Waals surface area contributed by atoms with Crippen molar-refractivity contribution in [3.05, 3.63) is 0 Å². The Labute approximate surface area is 116 Å². The Hall–Kier alpha value is -0.650. The number of nitrogens with zero attached hydrogens (tertiary/aromatic N) is 1. The molecule has 0 aromatic rings. The van der Waals surface area contributed by atoms with Crippen LogP contribution in [0.3, 0.4) is 0 Å². The number of piperidine rings is 1. The molecule has 2 fully saturated rings. The molecule has 2 aliphatic heterocycles. The largest absolute Gasteiger partial charge is 0.379 e. The SMILES string of the molecule is CNC(=O)C1CCCCN1C(C)CC1COCCN1. The first kappa shape index (κ1) is 14.8. The molecule has 3 unspecified atom stereocenters. The van der Waals surface area contributed by atoms with Gasteiger partial charge in [-0.25, -0.2) is 0 Å². The lowest BCUT2D eigenvalue weighted by molar-refractivity contribution is -0.128. The van der Waals surface area contributed by atoms with Gasteiger partial charge in [-0.15, -0.1) is 0 Å². The van der Waals surface area contributed by atoms with Crippen LogP contribution in [0, 0.1) is 0 Å². The molecule has 0 bridgehead atoms. The van der Waals surface area contributed by atoms with Gasteiger partial charge in [-0.05, 0) is 32.7 Å². The van der Waals surface area contributed by atoms with Crippen molar-refractivity contribution in [2.24, 2.45) is 0 Å². The average molecular weight is 269 g/mol. The van der Waals surface area contributed by atoms with E-state index < -0.39 is 0 Å². The van der Waals surface area contributed by atoms with Crippen molar-refractivity contribution >= 4 is 5.91 Å². The quantitative estimate of drug-likeness (QED) is 0.773. The fourth-order valence-corrected chi connectivity index (χ4v) is 3.25. The van der Waals surface area contributed by atoms with E-state index in [1.807, 2.05) is 0 Å². The molecule has 0 aliphatic carbocycles. The molecule has 5 heteroatoms. The zero-order chi connectivity index (χ0) is 13.7. The maximum atomic E-state index is 12.0. The molecule has 1 amide bonds. The lowest BCUT2D eigenvalue weighted by atomic mass is 9.96. The third kappa shape index (κ3) is 3.91. The van der Waals surface area contributed by atoms with Crippen LogP contribution in [0.25, 0.3) is 0 Å².